The van der Waals surface area contributed by atoms with Crippen LogP contribution in [-0.4, -0.2) is 42.9 Å². The van der Waals surface area contributed by atoms with Crippen molar-refractivity contribution >= 4 is 49.1 Å². The lowest BCUT2D eigenvalue weighted by molar-refractivity contribution is 0.0605. The summed E-state index contributed by atoms with van der Waals surface area (Å²) in [5, 5.41) is 3.07. The molecule has 3 rings (SSSR count). The van der Waals surface area contributed by atoms with Crippen molar-refractivity contribution in [3.8, 4) is 5.75 Å². The summed E-state index contributed by atoms with van der Waals surface area (Å²) in [6.07, 6.45) is 0.752. The van der Waals surface area contributed by atoms with Crippen molar-refractivity contribution in [2.75, 3.05) is 12.4 Å². The van der Waals surface area contributed by atoms with E-state index < -0.39 is 33.3 Å². The summed E-state index contributed by atoms with van der Waals surface area (Å²) in [6.45, 7) is 6.61. The molecule has 178 valence electrons. The van der Waals surface area contributed by atoms with Gasteiger partial charge in [0.05, 0.1) is 23.4 Å². The largest absolute Gasteiger partial charge is 0.472 e. The highest BCUT2D eigenvalue weighted by Crippen LogP contribution is 2.37. The zero-order valence-corrected chi connectivity index (χ0v) is 20.4. The van der Waals surface area contributed by atoms with E-state index in [1.54, 1.807) is 27.7 Å². The van der Waals surface area contributed by atoms with Crippen LogP contribution in [0.5, 0.6) is 5.75 Å². The molecule has 0 bridgehead atoms. The maximum atomic E-state index is 14.0. The van der Waals surface area contributed by atoms with Crippen molar-refractivity contribution in [2.24, 2.45) is 0 Å². The van der Waals surface area contributed by atoms with Crippen molar-refractivity contribution < 1.29 is 27.1 Å². The van der Waals surface area contributed by atoms with E-state index in [1.165, 1.54) is 36.9 Å². The lowest BCUT2D eigenvalue weighted by Crippen LogP contribution is -2.42. The molecule has 3 aromatic rings. The van der Waals surface area contributed by atoms with Gasteiger partial charge in [0.15, 0.2) is 6.23 Å². The minimum absolute atomic E-state index is 0.0983. The number of hydrogen-bond donors (Lipinski definition) is 2. The molecule has 0 spiro atoms. The molecule has 12 heteroatoms. The molecule has 2 N–H and O–H groups in total. The van der Waals surface area contributed by atoms with E-state index in [4.69, 9.17) is 9.47 Å². The third kappa shape index (κ3) is 5.40. The van der Waals surface area contributed by atoms with Gasteiger partial charge in [-0.05, 0) is 44.9 Å². The molecular weight excluding hydrogens is 471 g/mol. The summed E-state index contributed by atoms with van der Waals surface area (Å²) in [7, 11) is -2.30. The van der Waals surface area contributed by atoms with E-state index in [9.17, 15) is 17.6 Å². The molecule has 0 aliphatic rings. The molecule has 1 aromatic carbocycles. The second kappa shape index (κ2) is 9.98. The topological polar surface area (TPSA) is 120 Å². The number of carbonyl (C=O) groups is 1. The summed E-state index contributed by atoms with van der Waals surface area (Å²) in [5.41, 5.74) is 1.01. The molecule has 0 fully saturated rings. The van der Waals surface area contributed by atoms with Crippen LogP contribution in [0.4, 0.5) is 15.9 Å². The monoisotopic (exact) mass is 496 g/mol. The molecule has 2 heterocycles. The normalized spacial score (nSPS) is 12.7. The third-order valence-corrected chi connectivity index (χ3v) is 7.86. The number of anilines is 2. The first-order valence-electron chi connectivity index (χ1n) is 10.1. The quantitative estimate of drug-likeness (QED) is 0.335. The Hall–Kier alpha value is -2.83. The van der Waals surface area contributed by atoms with E-state index in [0.29, 0.717) is 38.6 Å². The van der Waals surface area contributed by atoms with Gasteiger partial charge in [-0.3, -0.25) is 0 Å². The van der Waals surface area contributed by atoms with Crippen LogP contribution in [0.2, 0.25) is 0 Å². The van der Waals surface area contributed by atoms with Crippen molar-refractivity contribution in [3.63, 3.8) is 0 Å². The second-order valence-corrected chi connectivity index (χ2v) is 10.7. The van der Waals surface area contributed by atoms with Gasteiger partial charge >= 0.3 is 5.97 Å². The molecule has 1 atom stereocenters. The predicted octanol–water partition coefficient (Wildman–Crippen LogP) is 4.11. The van der Waals surface area contributed by atoms with Gasteiger partial charge in [0.1, 0.15) is 33.4 Å². The van der Waals surface area contributed by atoms with Gasteiger partial charge in [-0.25, -0.2) is 27.6 Å². The average molecular weight is 497 g/mol. The van der Waals surface area contributed by atoms with Gasteiger partial charge in [-0.15, -0.1) is 11.3 Å². The Morgan fingerprint density at radius 3 is 2.64 bits per heavy atom. The highest BCUT2D eigenvalue weighted by Gasteiger charge is 2.23. The number of aryl methyl sites for hydroxylation is 1. The smallest absolute Gasteiger partial charge is 0.348 e. The number of nitrogens with one attached hydrogen (secondary N) is 2. The molecular formula is C21H25FN4O5S2. The molecule has 0 aliphatic heterocycles. The first-order valence-corrected chi connectivity index (χ1v) is 12.5. The highest BCUT2D eigenvalue weighted by atomic mass is 32.2. The first-order chi connectivity index (χ1) is 15.6. The SMILES string of the molecule is CCC(NS(=O)(=O)C(C)C)Oc1cc(F)ccc1Nc1ncnc2sc(C(=O)OC)c(C)c12. The fourth-order valence-corrected chi connectivity index (χ4v) is 4.86. The van der Waals surface area contributed by atoms with Crippen LogP contribution in [0.3, 0.4) is 0 Å². The Kier molecular flexibility index (Phi) is 7.50. The van der Waals surface area contributed by atoms with Crippen LogP contribution >= 0.6 is 11.3 Å². The molecule has 0 amide bonds. The molecule has 33 heavy (non-hydrogen) atoms. The molecule has 1 unspecified atom stereocenters. The fraction of sp³-hybridized carbons (Fsp3) is 0.381. The lowest BCUT2D eigenvalue weighted by Gasteiger charge is -2.22. The average Bonchev–Trinajstić information content (AvgIpc) is 3.11. The maximum absolute atomic E-state index is 14.0. The minimum Gasteiger partial charge on any atom is -0.472 e. The number of halogens is 1. The highest BCUT2D eigenvalue weighted by molar-refractivity contribution is 7.90. The lowest BCUT2D eigenvalue weighted by atomic mass is 10.2. The van der Waals surface area contributed by atoms with Crippen LogP contribution in [0.15, 0.2) is 24.5 Å². The second-order valence-electron chi connectivity index (χ2n) is 7.44. The van der Waals surface area contributed by atoms with E-state index >= 15 is 0 Å². The van der Waals surface area contributed by atoms with Gasteiger partial charge in [-0.1, -0.05) is 6.92 Å². The van der Waals surface area contributed by atoms with Crippen molar-refractivity contribution in [1.82, 2.24) is 14.7 Å². The first kappa shape index (κ1) is 24.8. The van der Waals surface area contributed by atoms with Gasteiger partial charge in [-0.2, -0.15) is 4.72 Å². The number of methoxy groups -OCH3 is 1. The van der Waals surface area contributed by atoms with E-state index in [-0.39, 0.29) is 5.75 Å². The minimum atomic E-state index is -3.61. The Labute approximate surface area is 195 Å². The molecule has 0 aliphatic carbocycles. The van der Waals surface area contributed by atoms with Gasteiger partial charge in [0, 0.05) is 6.07 Å². The molecule has 0 saturated heterocycles. The summed E-state index contributed by atoms with van der Waals surface area (Å²) >= 11 is 1.18. The third-order valence-electron chi connectivity index (χ3n) is 4.85. The molecule has 0 radical (unpaired) electrons. The number of thiophene rings is 1. The number of rotatable bonds is 9. The van der Waals surface area contributed by atoms with Crippen LogP contribution in [-0.2, 0) is 14.8 Å². The number of esters is 1. The van der Waals surface area contributed by atoms with Crippen molar-refractivity contribution in [1.29, 1.82) is 0 Å². The number of aromatic nitrogens is 2. The van der Waals surface area contributed by atoms with Crippen LogP contribution in [0.1, 0.15) is 42.4 Å². The number of nitrogens with zero attached hydrogens (tertiary/aromatic N) is 2. The fourth-order valence-electron chi connectivity index (χ4n) is 2.94. The van der Waals surface area contributed by atoms with Gasteiger partial charge in [0.2, 0.25) is 10.0 Å². The summed E-state index contributed by atoms with van der Waals surface area (Å²) < 4.78 is 51.7. The number of hydrogen-bond acceptors (Lipinski definition) is 9. The molecule has 2 aromatic heterocycles. The Balaban J connectivity index is 1.98. The van der Waals surface area contributed by atoms with Crippen molar-refractivity contribution in [3.05, 3.63) is 40.8 Å². The number of carbonyl (C=O) groups excluding carboxylic acids is 1. The number of ether oxygens (including phenoxy) is 2. The number of sulfonamides is 1. The Bertz CT molecular complexity index is 1280. The maximum Gasteiger partial charge on any atom is 0.348 e. The zero-order chi connectivity index (χ0) is 24.3. The standard InChI is InChI=1S/C21H25FN4O5S2/c1-6-16(26-33(28,29)11(2)3)31-15-9-13(22)7-8-14(15)25-19-17-12(4)18(21(27)30-5)32-20(17)24-10-23-19/h7-11,16,26H,6H2,1-5H3,(H,23,24,25). The predicted molar refractivity (Wildman–Crippen MR) is 125 cm³/mol. The zero-order valence-electron chi connectivity index (χ0n) is 18.8. The summed E-state index contributed by atoms with van der Waals surface area (Å²) in [5.74, 6) is -0.544. The van der Waals surface area contributed by atoms with Gasteiger partial charge < -0.3 is 14.8 Å². The van der Waals surface area contributed by atoms with Gasteiger partial charge in [0.25, 0.3) is 0 Å². The molecule has 9 nitrogen and oxygen atoms in total. The van der Waals surface area contributed by atoms with Crippen LogP contribution in [0.25, 0.3) is 10.2 Å². The summed E-state index contributed by atoms with van der Waals surface area (Å²) in [4.78, 5) is 21.6. The number of fused-ring (bicyclic) bond motifs is 1. The van der Waals surface area contributed by atoms with E-state index in [1.807, 2.05) is 0 Å². The Morgan fingerprint density at radius 1 is 1.27 bits per heavy atom. The van der Waals surface area contributed by atoms with Crippen molar-refractivity contribution in [2.45, 2.75) is 45.6 Å². The summed E-state index contributed by atoms with van der Waals surface area (Å²) in [6, 6.07) is 3.87. The van der Waals surface area contributed by atoms with E-state index in [0.717, 1.165) is 6.07 Å². The van der Waals surface area contributed by atoms with E-state index in [2.05, 4.69) is 20.0 Å². The molecule has 0 saturated carbocycles. The van der Waals surface area contributed by atoms with Crippen LogP contribution in [0, 0.1) is 12.7 Å². The Morgan fingerprint density at radius 2 is 2.00 bits per heavy atom. The van der Waals surface area contributed by atoms with Crippen LogP contribution < -0.4 is 14.8 Å². The number of benzene rings is 1.